The number of methoxy groups -OCH3 is 1. The van der Waals surface area contributed by atoms with Crippen LogP contribution in [0.5, 0.6) is 0 Å². The van der Waals surface area contributed by atoms with E-state index in [0.717, 1.165) is 57.6 Å². The highest BCUT2D eigenvalue weighted by atomic mass is 32.1. The van der Waals surface area contributed by atoms with E-state index >= 15 is 0 Å². The molecule has 3 aliphatic rings. The Morgan fingerprint density at radius 3 is 2.57 bits per heavy atom. The average Bonchev–Trinajstić information content (AvgIpc) is 3.84. The van der Waals surface area contributed by atoms with Crippen LogP contribution in [0, 0.1) is 11.3 Å². The quantitative estimate of drug-likeness (QED) is 0.184. The summed E-state index contributed by atoms with van der Waals surface area (Å²) in [6.07, 6.45) is 4.21. The third kappa shape index (κ3) is 9.64. The number of pyridine rings is 1. The Morgan fingerprint density at radius 1 is 1.11 bits per heavy atom. The van der Waals surface area contributed by atoms with Gasteiger partial charge in [0.15, 0.2) is 0 Å². The zero-order valence-electron chi connectivity index (χ0n) is 38.6. The fourth-order valence-electron chi connectivity index (χ4n) is 9.37. The number of cyclic esters (lactones) is 1. The van der Waals surface area contributed by atoms with E-state index in [0.29, 0.717) is 43.9 Å². The number of nitrogens with one attached hydrogen (secondary N) is 2. The Morgan fingerprint density at radius 2 is 1.89 bits per heavy atom. The first kappa shape index (κ1) is 46.1. The van der Waals surface area contributed by atoms with Gasteiger partial charge in [0, 0.05) is 91.8 Å². The van der Waals surface area contributed by atoms with Crippen LogP contribution < -0.4 is 10.7 Å². The SMILES string of the molecule is CCn1c(-c2cccnc2[C@H](C)OC)c2c3cc(ccc31)-c1csc(n1)C[C@H](NC(=O)[C@H](C(C)C)N(C)C(=O)N1CC[C@@H]1CN(C)C)C(=O)N1CCC[C@H](N1)C(=O)OCC(C)(C)C2. The van der Waals surface area contributed by atoms with Gasteiger partial charge >= 0.3 is 12.0 Å². The number of nitrogens with zero attached hydrogens (tertiary/aromatic N) is 7. The van der Waals surface area contributed by atoms with E-state index in [4.69, 9.17) is 19.4 Å². The lowest BCUT2D eigenvalue weighted by atomic mass is 9.84. The van der Waals surface area contributed by atoms with Crippen LogP contribution in [0.25, 0.3) is 33.4 Å². The summed E-state index contributed by atoms with van der Waals surface area (Å²) in [6.45, 7) is 14.7. The Kier molecular flexibility index (Phi) is 13.9. The molecule has 0 radical (unpaired) electrons. The standard InChI is InChI=1S/C47H65N9O6S/c1-11-54-38-17-16-30-22-33(38)34(42(54)32-14-12-19-48-40(32)29(4)61-10)24-47(5,6)27-62-45(59)35-15-13-20-56(51-35)44(58)36(23-39-49-37(30)26-63-39)50-43(57)41(28(2)3)53(9)46(60)55-21-18-31(55)25-52(7)8/h12,14,16-17,19,22,26,28-29,31,35-36,41,51H,11,13,15,18,20-21,23-25,27H2,1-10H3,(H,50,57)/t29-,31+,35-,36-,41-/m0/s1. The minimum atomic E-state index is -1.04. The average molecular weight is 884 g/mol. The molecule has 7 rings (SSSR count). The molecule has 0 saturated carbocycles. The van der Waals surface area contributed by atoms with Gasteiger partial charge in [-0.3, -0.25) is 24.4 Å². The number of amides is 4. The zero-order valence-corrected chi connectivity index (χ0v) is 39.4. The zero-order chi connectivity index (χ0) is 45.3. The van der Waals surface area contributed by atoms with E-state index in [1.54, 1.807) is 20.4 Å². The Balaban J connectivity index is 1.28. The van der Waals surface area contributed by atoms with Gasteiger partial charge in [-0.05, 0) is 89.4 Å². The summed E-state index contributed by atoms with van der Waals surface area (Å²) in [4.78, 5) is 72.0. The summed E-state index contributed by atoms with van der Waals surface area (Å²) in [6, 6.07) is 7.69. The molecule has 4 amide bonds. The number of hydrogen-bond donors (Lipinski definition) is 2. The molecule has 0 unspecified atom stereocenters. The highest BCUT2D eigenvalue weighted by Crippen LogP contribution is 2.42. The molecule has 2 fully saturated rings. The maximum atomic E-state index is 14.6. The molecule has 6 bridgehead atoms. The van der Waals surface area contributed by atoms with E-state index in [2.05, 4.69) is 65.2 Å². The highest BCUT2D eigenvalue weighted by Gasteiger charge is 2.41. The van der Waals surface area contributed by atoms with Crippen LogP contribution >= 0.6 is 11.3 Å². The van der Waals surface area contributed by atoms with Crippen molar-refractivity contribution in [1.82, 2.24) is 45.0 Å². The van der Waals surface area contributed by atoms with E-state index in [-0.39, 0.29) is 43.0 Å². The number of esters is 1. The van der Waals surface area contributed by atoms with Crippen LogP contribution in [0.3, 0.4) is 0 Å². The number of likely N-dealkylation sites (N-methyl/N-ethyl adjacent to an activating group) is 2. The summed E-state index contributed by atoms with van der Waals surface area (Å²) in [7, 11) is 7.32. The molecule has 6 heterocycles. The predicted octanol–water partition coefficient (Wildman–Crippen LogP) is 5.91. The van der Waals surface area contributed by atoms with Crippen LogP contribution in [0.2, 0.25) is 0 Å². The van der Waals surface area contributed by atoms with Gasteiger partial charge in [-0.15, -0.1) is 11.3 Å². The summed E-state index contributed by atoms with van der Waals surface area (Å²) in [5.74, 6) is -1.50. The molecule has 3 aromatic heterocycles. The first-order valence-electron chi connectivity index (χ1n) is 22.3. The Bertz CT molecular complexity index is 2320. The van der Waals surface area contributed by atoms with Gasteiger partial charge in [-0.2, -0.15) is 0 Å². The van der Waals surface area contributed by atoms with Crippen molar-refractivity contribution >= 4 is 46.1 Å². The van der Waals surface area contributed by atoms with Crippen LogP contribution in [0.15, 0.2) is 41.9 Å². The number of aryl methyl sites for hydroxylation is 1. The molecule has 3 aliphatic heterocycles. The van der Waals surface area contributed by atoms with Crippen LogP contribution in [-0.4, -0.2) is 137 Å². The number of carbonyl (C=O) groups is 4. The minimum absolute atomic E-state index is 0.0730. The van der Waals surface area contributed by atoms with Crippen molar-refractivity contribution in [2.75, 3.05) is 54.5 Å². The fourth-order valence-corrected chi connectivity index (χ4v) is 10.2. The van der Waals surface area contributed by atoms with Crippen molar-refractivity contribution in [3.05, 3.63) is 58.2 Å². The van der Waals surface area contributed by atoms with Gasteiger partial charge in [0.1, 0.15) is 18.1 Å². The lowest BCUT2D eigenvalue weighted by Gasteiger charge is -2.45. The molecule has 340 valence electrons. The lowest BCUT2D eigenvalue weighted by Crippen LogP contribution is -2.64. The van der Waals surface area contributed by atoms with Crippen molar-refractivity contribution < 1.29 is 28.7 Å². The normalized spacial score (nSPS) is 21.5. The monoisotopic (exact) mass is 883 g/mol. The number of benzene rings is 1. The number of urea groups is 1. The summed E-state index contributed by atoms with van der Waals surface area (Å²) in [5.41, 5.74) is 9.40. The predicted molar refractivity (Wildman–Crippen MR) is 245 cm³/mol. The number of fused-ring (bicyclic) bond motifs is 6. The topological polar surface area (TPSA) is 154 Å². The molecule has 0 aliphatic carbocycles. The van der Waals surface area contributed by atoms with Crippen molar-refractivity contribution in [2.45, 2.75) is 110 Å². The second kappa shape index (κ2) is 19.1. The number of aromatic nitrogens is 3. The molecule has 1 aromatic carbocycles. The van der Waals surface area contributed by atoms with Crippen LogP contribution in [0.1, 0.15) is 83.2 Å². The third-order valence-corrected chi connectivity index (χ3v) is 13.6. The largest absolute Gasteiger partial charge is 0.464 e. The van der Waals surface area contributed by atoms with Gasteiger partial charge < -0.3 is 34.1 Å². The van der Waals surface area contributed by atoms with Gasteiger partial charge in [0.25, 0.3) is 5.91 Å². The van der Waals surface area contributed by atoms with Gasteiger partial charge in [-0.25, -0.2) is 15.2 Å². The molecule has 15 nitrogen and oxygen atoms in total. The highest BCUT2D eigenvalue weighted by molar-refractivity contribution is 7.10. The van der Waals surface area contributed by atoms with E-state index in [1.165, 1.54) is 21.2 Å². The first-order valence-corrected chi connectivity index (χ1v) is 23.2. The lowest BCUT2D eigenvalue weighted by molar-refractivity contribution is -0.155. The second-order valence-electron chi connectivity index (χ2n) is 18.8. The molecule has 2 saturated heterocycles. The number of rotatable bonds is 10. The molecule has 0 spiro atoms. The molecular formula is C47H65N9O6S. The van der Waals surface area contributed by atoms with E-state index in [9.17, 15) is 19.2 Å². The summed E-state index contributed by atoms with van der Waals surface area (Å²) < 4.78 is 14.2. The van der Waals surface area contributed by atoms with Crippen molar-refractivity contribution in [3.8, 4) is 22.5 Å². The number of thiazole rings is 1. The third-order valence-electron chi connectivity index (χ3n) is 12.7. The maximum absolute atomic E-state index is 14.6. The summed E-state index contributed by atoms with van der Waals surface area (Å²) >= 11 is 1.43. The second-order valence-corrected chi connectivity index (χ2v) is 19.7. The minimum Gasteiger partial charge on any atom is -0.464 e. The van der Waals surface area contributed by atoms with Gasteiger partial charge in [-0.1, -0.05) is 33.8 Å². The van der Waals surface area contributed by atoms with E-state index in [1.807, 2.05) is 51.2 Å². The molecule has 4 aromatic rings. The number of carbonyl (C=O) groups excluding carboxylic acids is 4. The van der Waals surface area contributed by atoms with Crippen molar-refractivity contribution in [2.24, 2.45) is 11.3 Å². The van der Waals surface area contributed by atoms with Crippen LogP contribution in [-0.2, 0) is 43.2 Å². The maximum Gasteiger partial charge on any atom is 0.324 e. The van der Waals surface area contributed by atoms with Crippen LogP contribution in [0.4, 0.5) is 4.79 Å². The smallest absolute Gasteiger partial charge is 0.324 e. The molecular weight excluding hydrogens is 819 g/mol. The van der Waals surface area contributed by atoms with E-state index < -0.39 is 35.4 Å². The number of hydrogen-bond acceptors (Lipinski definition) is 11. The van der Waals surface area contributed by atoms with Gasteiger partial charge in [0.05, 0.1) is 34.8 Å². The number of likely N-dealkylation sites (tertiary alicyclic amines) is 1. The van der Waals surface area contributed by atoms with Gasteiger partial charge in [0.2, 0.25) is 5.91 Å². The summed E-state index contributed by atoms with van der Waals surface area (Å²) in [5, 5.41) is 8.23. The molecule has 5 atom stereocenters. The van der Waals surface area contributed by atoms with Crippen molar-refractivity contribution in [3.63, 3.8) is 0 Å². The fraction of sp³-hybridized carbons (Fsp3) is 0.574. The molecule has 2 N–H and O–H groups in total. The number of ether oxygens (including phenoxy) is 2. The molecule has 16 heteroatoms. The molecule has 63 heavy (non-hydrogen) atoms. The Hall–Kier alpha value is -4.90. The number of hydrazine groups is 1. The van der Waals surface area contributed by atoms with Crippen molar-refractivity contribution in [1.29, 1.82) is 0 Å². The Labute approximate surface area is 375 Å². The first-order chi connectivity index (χ1) is 30.0.